The zero-order valence-corrected chi connectivity index (χ0v) is 11.7. The number of benzene rings is 2. The number of aryl methyl sites for hydroxylation is 1. The number of anilines is 2. The Bertz CT molecular complexity index is 662. The van der Waals surface area contributed by atoms with Crippen molar-refractivity contribution in [1.82, 2.24) is 0 Å². The van der Waals surface area contributed by atoms with E-state index in [1.165, 1.54) is 17.0 Å². The van der Waals surface area contributed by atoms with Crippen LogP contribution < -0.4 is 4.90 Å². The molecule has 0 unspecified atom stereocenters. The number of hydrogen-bond donors (Lipinski definition) is 0. The van der Waals surface area contributed by atoms with Gasteiger partial charge in [0.15, 0.2) is 5.82 Å². The van der Waals surface area contributed by atoms with Crippen molar-refractivity contribution in [2.24, 2.45) is 0 Å². The second kappa shape index (κ2) is 5.41. The SMILES string of the molecule is C#CN(c1cc(Br)ccc1C)c1ccc(F)cc1F. The van der Waals surface area contributed by atoms with Gasteiger partial charge in [-0.3, -0.25) is 4.90 Å². The first-order valence-electron chi connectivity index (χ1n) is 5.50. The summed E-state index contributed by atoms with van der Waals surface area (Å²) >= 11 is 3.35. The smallest absolute Gasteiger partial charge is 0.150 e. The van der Waals surface area contributed by atoms with Gasteiger partial charge in [0.25, 0.3) is 0 Å². The molecule has 19 heavy (non-hydrogen) atoms. The molecule has 0 N–H and O–H groups in total. The summed E-state index contributed by atoms with van der Waals surface area (Å²) in [6, 6.07) is 11.3. The van der Waals surface area contributed by atoms with E-state index in [1.807, 2.05) is 19.1 Å². The van der Waals surface area contributed by atoms with Crippen molar-refractivity contribution in [2.45, 2.75) is 6.92 Å². The van der Waals surface area contributed by atoms with Gasteiger partial charge in [-0.05, 0) is 36.8 Å². The molecule has 0 fully saturated rings. The molecule has 0 aliphatic rings. The van der Waals surface area contributed by atoms with Crippen LogP contribution in [0.15, 0.2) is 40.9 Å². The molecule has 0 atom stereocenters. The van der Waals surface area contributed by atoms with Crippen LogP contribution in [0.2, 0.25) is 0 Å². The van der Waals surface area contributed by atoms with E-state index in [0.29, 0.717) is 5.69 Å². The van der Waals surface area contributed by atoms with Gasteiger partial charge in [-0.2, -0.15) is 0 Å². The van der Waals surface area contributed by atoms with Gasteiger partial charge in [0.2, 0.25) is 0 Å². The van der Waals surface area contributed by atoms with Crippen LogP contribution in [0.5, 0.6) is 0 Å². The van der Waals surface area contributed by atoms with E-state index in [0.717, 1.165) is 16.1 Å². The van der Waals surface area contributed by atoms with Gasteiger partial charge in [-0.25, -0.2) is 8.78 Å². The van der Waals surface area contributed by atoms with Crippen LogP contribution in [0, 0.1) is 31.0 Å². The third kappa shape index (κ3) is 2.77. The fraction of sp³-hybridized carbons (Fsp3) is 0.0667. The molecule has 2 rings (SSSR count). The molecule has 0 saturated carbocycles. The van der Waals surface area contributed by atoms with Crippen LogP contribution in [0.3, 0.4) is 0 Å². The van der Waals surface area contributed by atoms with Gasteiger partial charge in [0.1, 0.15) is 5.82 Å². The molecule has 0 bridgehead atoms. The lowest BCUT2D eigenvalue weighted by molar-refractivity contribution is 0.584. The van der Waals surface area contributed by atoms with Crippen LogP contribution >= 0.6 is 15.9 Å². The summed E-state index contributed by atoms with van der Waals surface area (Å²) in [6.07, 6.45) is 5.46. The molecule has 0 spiro atoms. The summed E-state index contributed by atoms with van der Waals surface area (Å²) in [5.74, 6) is -1.33. The van der Waals surface area contributed by atoms with Gasteiger partial charge >= 0.3 is 0 Å². The Labute approximate surface area is 119 Å². The van der Waals surface area contributed by atoms with Gasteiger partial charge in [-0.1, -0.05) is 28.4 Å². The molecule has 0 saturated heterocycles. The Morgan fingerprint density at radius 2 is 1.84 bits per heavy atom. The lowest BCUT2D eigenvalue weighted by atomic mass is 10.1. The molecule has 2 aromatic carbocycles. The minimum atomic E-state index is -0.697. The van der Waals surface area contributed by atoms with Crippen LogP contribution in [0.25, 0.3) is 0 Å². The second-order valence-electron chi connectivity index (χ2n) is 3.99. The number of rotatable bonds is 2. The monoisotopic (exact) mass is 321 g/mol. The minimum Gasteiger partial charge on any atom is -0.267 e. The van der Waals surface area contributed by atoms with Gasteiger partial charge < -0.3 is 0 Å². The lowest BCUT2D eigenvalue weighted by Gasteiger charge is -2.20. The van der Waals surface area contributed by atoms with Gasteiger partial charge in [0, 0.05) is 16.6 Å². The fourth-order valence-corrected chi connectivity index (χ4v) is 2.10. The third-order valence-electron chi connectivity index (χ3n) is 2.69. The van der Waals surface area contributed by atoms with Gasteiger partial charge in [0.05, 0.1) is 11.4 Å². The Kier molecular flexibility index (Phi) is 3.87. The average molecular weight is 322 g/mol. The molecule has 0 radical (unpaired) electrons. The Morgan fingerprint density at radius 1 is 1.11 bits per heavy atom. The zero-order valence-electron chi connectivity index (χ0n) is 10.1. The van der Waals surface area contributed by atoms with Crippen molar-refractivity contribution in [3.8, 4) is 12.5 Å². The van der Waals surface area contributed by atoms with E-state index >= 15 is 0 Å². The highest BCUT2D eigenvalue weighted by atomic mass is 79.9. The molecule has 0 aliphatic heterocycles. The van der Waals surface area contributed by atoms with E-state index < -0.39 is 11.6 Å². The molecule has 2 aromatic rings. The highest BCUT2D eigenvalue weighted by Crippen LogP contribution is 2.32. The van der Waals surface area contributed by atoms with Crippen molar-refractivity contribution >= 4 is 27.3 Å². The van der Waals surface area contributed by atoms with E-state index in [9.17, 15) is 8.78 Å². The predicted molar refractivity (Wildman–Crippen MR) is 76.2 cm³/mol. The maximum atomic E-state index is 13.8. The molecular weight excluding hydrogens is 312 g/mol. The normalized spacial score (nSPS) is 10.1. The first-order chi connectivity index (χ1) is 9.02. The third-order valence-corrected chi connectivity index (χ3v) is 3.19. The molecular formula is C15H10BrF2N. The predicted octanol–water partition coefficient (Wildman–Crippen LogP) is 4.76. The summed E-state index contributed by atoms with van der Waals surface area (Å²) in [4.78, 5) is 1.36. The number of halogens is 3. The Hall–Kier alpha value is -1.86. The van der Waals surface area contributed by atoms with E-state index in [1.54, 1.807) is 6.07 Å². The Balaban J connectivity index is 2.57. The van der Waals surface area contributed by atoms with Crippen molar-refractivity contribution < 1.29 is 8.78 Å². The van der Waals surface area contributed by atoms with Crippen molar-refractivity contribution in [3.63, 3.8) is 0 Å². The standard InChI is InChI=1S/C15H10BrF2N/c1-3-19(14-7-6-12(17)9-13(14)18)15-8-11(16)5-4-10(15)2/h1,4-9H,2H3. The maximum absolute atomic E-state index is 13.8. The second-order valence-corrected chi connectivity index (χ2v) is 4.91. The molecule has 1 nitrogen and oxygen atoms in total. The van der Waals surface area contributed by atoms with Crippen molar-refractivity contribution in [3.05, 3.63) is 58.1 Å². The molecule has 0 aromatic heterocycles. The molecule has 4 heteroatoms. The summed E-state index contributed by atoms with van der Waals surface area (Å²) in [6.45, 7) is 1.87. The fourth-order valence-electron chi connectivity index (χ4n) is 1.75. The highest BCUT2D eigenvalue weighted by Gasteiger charge is 2.14. The van der Waals surface area contributed by atoms with Crippen LogP contribution in [-0.2, 0) is 0 Å². The van der Waals surface area contributed by atoms with Crippen LogP contribution in [-0.4, -0.2) is 0 Å². The minimum absolute atomic E-state index is 0.144. The zero-order chi connectivity index (χ0) is 14.0. The lowest BCUT2D eigenvalue weighted by Crippen LogP contribution is -2.12. The number of terminal acetylenes is 1. The number of hydrogen-bond acceptors (Lipinski definition) is 1. The highest BCUT2D eigenvalue weighted by molar-refractivity contribution is 9.10. The van der Waals surface area contributed by atoms with Crippen molar-refractivity contribution in [2.75, 3.05) is 4.90 Å². The number of nitrogens with zero attached hydrogens (tertiary/aromatic N) is 1. The Morgan fingerprint density at radius 3 is 2.47 bits per heavy atom. The topological polar surface area (TPSA) is 3.24 Å². The summed E-state index contributed by atoms with van der Waals surface area (Å²) < 4.78 is 27.6. The van der Waals surface area contributed by atoms with E-state index in [-0.39, 0.29) is 5.69 Å². The molecule has 0 amide bonds. The largest absolute Gasteiger partial charge is 0.267 e. The van der Waals surface area contributed by atoms with Gasteiger partial charge in [-0.15, -0.1) is 0 Å². The van der Waals surface area contributed by atoms with E-state index in [2.05, 4.69) is 22.0 Å². The van der Waals surface area contributed by atoms with Crippen molar-refractivity contribution in [1.29, 1.82) is 0 Å². The molecule has 0 aliphatic carbocycles. The molecule has 96 valence electrons. The quantitative estimate of drug-likeness (QED) is 0.569. The summed E-state index contributed by atoms with van der Waals surface area (Å²) in [5.41, 5.74) is 1.71. The summed E-state index contributed by atoms with van der Waals surface area (Å²) in [5, 5.41) is 0. The summed E-state index contributed by atoms with van der Waals surface area (Å²) in [7, 11) is 0. The maximum Gasteiger partial charge on any atom is 0.150 e. The van der Waals surface area contributed by atoms with E-state index in [4.69, 9.17) is 6.42 Å². The first kappa shape index (κ1) is 13.6. The first-order valence-corrected chi connectivity index (χ1v) is 6.30. The van der Waals surface area contributed by atoms with Crippen LogP contribution in [0.1, 0.15) is 5.56 Å². The molecule has 0 heterocycles. The average Bonchev–Trinajstić information content (AvgIpc) is 2.36. The van der Waals surface area contributed by atoms with Crippen LogP contribution in [0.4, 0.5) is 20.2 Å².